The average Bonchev–Trinajstić information content (AvgIpc) is 3.38. The van der Waals surface area contributed by atoms with Crippen molar-refractivity contribution in [1.82, 2.24) is 9.97 Å². The van der Waals surface area contributed by atoms with E-state index in [1.165, 1.54) is 28.7 Å². The number of thiazole rings is 2. The first kappa shape index (κ1) is 18.3. The number of nitrogens with zero attached hydrogens (tertiary/aromatic N) is 4. The molecule has 0 atom stereocenters. The Morgan fingerprint density at radius 1 is 0.833 bits per heavy atom. The summed E-state index contributed by atoms with van der Waals surface area (Å²) < 4.78 is 2.07. The predicted molar refractivity (Wildman–Crippen MR) is 122 cm³/mol. The maximum atomic E-state index is 11.3. The van der Waals surface area contributed by atoms with Crippen molar-refractivity contribution in [1.29, 1.82) is 0 Å². The summed E-state index contributed by atoms with van der Waals surface area (Å²) in [4.78, 5) is 20.3. The van der Waals surface area contributed by atoms with Crippen molar-refractivity contribution in [2.24, 2.45) is 5.10 Å². The van der Waals surface area contributed by atoms with Gasteiger partial charge in [-0.1, -0.05) is 36.4 Å². The van der Waals surface area contributed by atoms with E-state index in [0.29, 0.717) is 21.4 Å². The molecular formula is C21H13N5O2S2. The van der Waals surface area contributed by atoms with Crippen molar-refractivity contribution >= 4 is 60.2 Å². The third-order valence-electron chi connectivity index (χ3n) is 4.38. The maximum Gasteiger partial charge on any atom is 0.294 e. The number of benzene rings is 3. The Hall–Kier alpha value is -3.69. The Morgan fingerprint density at radius 2 is 1.37 bits per heavy atom. The van der Waals surface area contributed by atoms with Crippen molar-refractivity contribution < 1.29 is 4.92 Å². The average molecular weight is 432 g/mol. The predicted octanol–water partition coefficient (Wildman–Crippen LogP) is 5.68. The quantitative estimate of drug-likeness (QED) is 0.220. The molecule has 0 amide bonds. The lowest BCUT2D eigenvalue weighted by molar-refractivity contribution is -0.384. The Morgan fingerprint density at radius 3 is 1.93 bits per heavy atom. The van der Waals surface area contributed by atoms with Gasteiger partial charge in [-0.3, -0.25) is 15.5 Å². The van der Waals surface area contributed by atoms with E-state index in [4.69, 9.17) is 9.97 Å². The molecule has 2 heterocycles. The molecule has 0 aliphatic heterocycles. The summed E-state index contributed by atoms with van der Waals surface area (Å²) in [5.41, 5.74) is 5.42. The third-order valence-corrected chi connectivity index (χ3v) is 6.47. The SMILES string of the molecule is O=[N+]([O-])c1ccccc1NN=C(c1nc2ccccc2s1)c1nc2ccccc2s1. The van der Waals surface area contributed by atoms with Crippen molar-refractivity contribution in [2.45, 2.75) is 0 Å². The lowest BCUT2D eigenvalue weighted by Crippen LogP contribution is -2.06. The zero-order valence-electron chi connectivity index (χ0n) is 15.4. The van der Waals surface area contributed by atoms with Gasteiger partial charge >= 0.3 is 0 Å². The van der Waals surface area contributed by atoms with Crippen LogP contribution in [-0.2, 0) is 0 Å². The van der Waals surface area contributed by atoms with Gasteiger partial charge in [-0.05, 0) is 30.3 Å². The Balaban J connectivity index is 1.64. The summed E-state index contributed by atoms with van der Waals surface area (Å²) in [5.74, 6) is 0. The molecule has 0 unspecified atom stereocenters. The highest BCUT2D eigenvalue weighted by atomic mass is 32.1. The van der Waals surface area contributed by atoms with Crippen LogP contribution in [-0.4, -0.2) is 20.6 Å². The van der Waals surface area contributed by atoms with E-state index in [-0.39, 0.29) is 5.69 Å². The van der Waals surface area contributed by atoms with Gasteiger partial charge in [-0.25, -0.2) is 9.97 Å². The van der Waals surface area contributed by atoms with Crippen LogP contribution in [0.15, 0.2) is 77.9 Å². The molecule has 9 heteroatoms. The molecule has 5 rings (SSSR count). The molecule has 30 heavy (non-hydrogen) atoms. The molecule has 5 aromatic rings. The molecule has 146 valence electrons. The highest BCUT2D eigenvalue weighted by molar-refractivity contribution is 7.23. The maximum absolute atomic E-state index is 11.3. The van der Waals surface area contributed by atoms with Crippen LogP contribution in [0.1, 0.15) is 10.0 Å². The van der Waals surface area contributed by atoms with Gasteiger partial charge in [0.2, 0.25) is 0 Å². The lowest BCUT2D eigenvalue weighted by Gasteiger charge is -2.04. The Bertz CT molecular complexity index is 1280. The summed E-state index contributed by atoms with van der Waals surface area (Å²) in [6.45, 7) is 0. The molecule has 0 aliphatic rings. The van der Waals surface area contributed by atoms with Gasteiger partial charge < -0.3 is 0 Å². The van der Waals surface area contributed by atoms with E-state index < -0.39 is 4.92 Å². The molecule has 0 fully saturated rings. The van der Waals surface area contributed by atoms with E-state index in [0.717, 1.165) is 20.4 Å². The fourth-order valence-electron chi connectivity index (χ4n) is 2.98. The van der Waals surface area contributed by atoms with Crippen LogP contribution in [0.5, 0.6) is 0 Å². The largest absolute Gasteiger partial charge is 0.294 e. The van der Waals surface area contributed by atoms with Gasteiger partial charge in [0.05, 0.1) is 25.4 Å². The number of rotatable bonds is 5. The molecule has 0 saturated heterocycles. The van der Waals surface area contributed by atoms with Crippen LogP contribution in [0.2, 0.25) is 0 Å². The zero-order chi connectivity index (χ0) is 20.5. The van der Waals surface area contributed by atoms with Crippen molar-refractivity contribution in [3.63, 3.8) is 0 Å². The highest BCUT2D eigenvalue weighted by Crippen LogP contribution is 2.29. The summed E-state index contributed by atoms with van der Waals surface area (Å²) >= 11 is 3.01. The number of anilines is 1. The second kappa shape index (κ2) is 7.62. The molecule has 0 saturated carbocycles. The van der Waals surface area contributed by atoms with Crippen LogP contribution in [0.3, 0.4) is 0 Å². The molecule has 0 bridgehead atoms. The van der Waals surface area contributed by atoms with E-state index in [9.17, 15) is 10.1 Å². The minimum atomic E-state index is -0.438. The minimum absolute atomic E-state index is 0.0470. The Labute approximate surface area is 178 Å². The van der Waals surface area contributed by atoms with Crippen LogP contribution < -0.4 is 5.43 Å². The van der Waals surface area contributed by atoms with Gasteiger partial charge in [0.15, 0.2) is 5.71 Å². The van der Waals surface area contributed by atoms with Crippen LogP contribution in [0.25, 0.3) is 20.4 Å². The smallest absolute Gasteiger partial charge is 0.271 e. The third kappa shape index (κ3) is 3.40. The van der Waals surface area contributed by atoms with E-state index in [1.54, 1.807) is 18.2 Å². The molecule has 2 aromatic heterocycles. The normalized spacial score (nSPS) is 10.9. The molecule has 0 spiro atoms. The summed E-state index contributed by atoms with van der Waals surface area (Å²) in [6, 6.07) is 22.1. The monoisotopic (exact) mass is 431 g/mol. The van der Waals surface area contributed by atoms with Crippen LogP contribution in [0.4, 0.5) is 11.4 Å². The van der Waals surface area contributed by atoms with Crippen LogP contribution in [0, 0.1) is 10.1 Å². The Kier molecular flexibility index (Phi) is 4.66. The molecular weight excluding hydrogens is 418 g/mol. The van der Waals surface area contributed by atoms with Crippen molar-refractivity contribution in [3.05, 3.63) is 92.9 Å². The van der Waals surface area contributed by atoms with Gasteiger partial charge in [0, 0.05) is 6.07 Å². The summed E-state index contributed by atoms with van der Waals surface area (Å²) in [5, 5.41) is 17.3. The first-order valence-electron chi connectivity index (χ1n) is 8.98. The molecule has 0 radical (unpaired) electrons. The van der Waals surface area contributed by atoms with Crippen molar-refractivity contribution in [3.8, 4) is 0 Å². The number of fused-ring (bicyclic) bond motifs is 2. The zero-order valence-corrected chi connectivity index (χ0v) is 17.0. The number of aromatic nitrogens is 2. The summed E-state index contributed by atoms with van der Waals surface area (Å²) in [6.07, 6.45) is 0. The number of hydrazone groups is 1. The molecule has 3 aromatic carbocycles. The second-order valence-electron chi connectivity index (χ2n) is 6.32. The van der Waals surface area contributed by atoms with Gasteiger partial charge in [-0.2, -0.15) is 5.10 Å². The number of nitro groups is 1. The first-order chi connectivity index (χ1) is 14.7. The topological polar surface area (TPSA) is 93.3 Å². The standard InChI is InChI=1S/C21H13N5O2S2/c27-26(28)16-10-4-1-7-13(16)24-25-19(20-22-14-8-2-5-11-17(14)29-20)21-23-15-9-3-6-12-18(15)30-21/h1-12,24H. The van der Waals surface area contributed by atoms with Crippen molar-refractivity contribution in [2.75, 3.05) is 5.43 Å². The highest BCUT2D eigenvalue weighted by Gasteiger charge is 2.19. The molecule has 7 nitrogen and oxygen atoms in total. The van der Waals surface area contributed by atoms with E-state index in [1.807, 2.05) is 48.5 Å². The van der Waals surface area contributed by atoms with Gasteiger partial charge in [0.25, 0.3) is 5.69 Å². The summed E-state index contributed by atoms with van der Waals surface area (Å²) in [7, 11) is 0. The fourth-order valence-corrected chi connectivity index (χ4v) is 4.95. The van der Waals surface area contributed by atoms with Gasteiger partial charge in [-0.15, -0.1) is 22.7 Å². The molecule has 1 N–H and O–H groups in total. The number of nitrogens with one attached hydrogen (secondary N) is 1. The number of hydrogen-bond acceptors (Lipinski definition) is 8. The van der Waals surface area contributed by atoms with E-state index >= 15 is 0 Å². The number of para-hydroxylation sites is 4. The van der Waals surface area contributed by atoms with E-state index in [2.05, 4.69) is 10.5 Å². The first-order valence-corrected chi connectivity index (χ1v) is 10.6. The van der Waals surface area contributed by atoms with Gasteiger partial charge in [0.1, 0.15) is 15.7 Å². The fraction of sp³-hybridized carbons (Fsp3) is 0. The minimum Gasteiger partial charge on any atom is -0.271 e. The number of hydrogen-bond donors (Lipinski definition) is 1. The molecule has 0 aliphatic carbocycles. The van der Waals surface area contributed by atoms with Crippen LogP contribution >= 0.6 is 22.7 Å². The second-order valence-corrected chi connectivity index (χ2v) is 8.38. The lowest BCUT2D eigenvalue weighted by atomic mass is 10.3. The number of nitro benzene ring substituents is 1.